The molecule has 1 heterocycles. The third-order valence-electron chi connectivity index (χ3n) is 6.79. The second-order valence-electron chi connectivity index (χ2n) is 9.86. The van der Waals surface area contributed by atoms with E-state index < -0.39 is 18.1 Å². The molecule has 5 rings (SSSR count). The lowest BCUT2D eigenvalue weighted by Gasteiger charge is -2.26. The van der Waals surface area contributed by atoms with E-state index in [1.54, 1.807) is 30.3 Å². The van der Waals surface area contributed by atoms with Crippen molar-refractivity contribution in [2.75, 3.05) is 26.2 Å². The quantitative estimate of drug-likeness (QED) is 0.195. The zero-order valence-corrected chi connectivity index (χ0v) is 23.0. The van der Waals surface area contributed by atoms with Gasteiger partial charge in [0, 0.05) is 17.5 Å². The van der Waals surface area contributed by atoms with Gasteiger partial charge in [0.05, 0.1) is 5.56 Å². The smallest absolute Gasteiger partial charge is 0.490 e. The Balaban J connectivity index is 0.000000541. The molecule has 0 radical (unpaired) electrons. The van der Waals surface area contributed by atoms with Gasteiger partial charge < -0.3 is 24.8 Å². The molecule has 0 unspecified atom stereocenters. The number of alkyl halides is 3. The van der Waals surface area contributed by atoms with Crippen LogP contribution in [0.25, 0.3) is 21.9 Å². The molecule has 3 N–H and O–H groups in total. The summed E-state index contributed by atoms with van der Waals surface area (Å²) in [4.78, 5) is 22.9. The van der Waals surface area contributed by atoms with Crippen LogP contribution in [0.4, 0.5) is 13.2 Å². The summed E-state index contributed by atoms with van der Waals surface area (Å²) in [5, 5.41) is 28.2. The number of likely N-dealkylation sites (tertiary alicyclic amines) is 1. The number of fused-ring (bicyclic) bond motifs is 1. The lowest BCUT2D eigenvalue weighted by atomic mass is 9.98. The van der Waals surface area contributed by atoms with Gasteiger partial charge in [-0.15, -0.1) is 0 Å². The van der Waals surface area contributed by atoms with Gasteiger partial charge in [-0.25, -0.2) is 9.59 Å². The number of benzene rings is 4. The van der Waals surface area contributed by atoms with Crippen LogP contribution in [0.1, 0.15) is 29.6 Å². The Morgan fingerprint density at radius 1 is 0.837 bits per heavy atom. The number of rotatable bonds is 8. The van der Waals surface area contributed by atoms with Crippen molar-refractivity contribution >= 4 is 22.7 Å². The van der Waals surface area contributed by atoms with Crippen molar-refractivity contribution < 1.29 is 47.6 Å². The van der Waals surface area contributed by atoms with E-state index in [1.807, 2.05) is 48.5 Å². The summed E-state index contributed by atoms with van der Waals surface area (Å²) in [6, 6.07) is 23.2. The van der Waals surface area contributed by atoms with Crippen LogP contribution in [0.2, 0.25) is 0 Å². The topological polar surface area (TPSA) is 117 Å². The average Bonchev–Trinajstić information content (AvgIpc) is 2.98. The SMILES string of the molecule is O=C(O)C(F)(F)F.O=C(O)c1cccc(-c2ccc3cc(O)ccc3c2Oc2ccc(OCCN3CCCCC3)cc2)c1. The number of hydrogen-bond acceptors (Lipinski definition) is 6. The van der Waals surface area contributed by atoms with Crippen LogP contribution in [-0.2, 0) is 4.79 Å². The van der Waals surface area contributed by atoms with Gasteiger partial charge in [-0.1, -0.05) is 24.6 Å². The van der Waals surface area contributed by atoms with Gasteiger partial charge in [0.1, 0.15) is 29.6 Å². The normalized spacial score (nSPS) is 13.6. The number of ether oxygens (including phenoxy) is 2. The first-order valence-corrected chi connectivity index (χ1v) is 13.5. The number of carboxylic acids is 2. The standard InChI is InChI=1S/C30H29NO5.C2HF3O2/c32-24-8-14-28-22(20-24)7-13-27(21-5-4-6-23(19-21)30(33)34)29(28)36-26-11-9-25(10-12-26)35-18-17-31-15-2-1-3-16-31;3-2(4,5)1(6)7/h4-14,19-20,32H,1-3,15-18H2,(H,33,34);(H,6,7). The molecule has 1 fully saturated rings. The largest absolute Gasteiger partial charge is 0.508 e. The fourth-order valence-corrected chi connectivity index (χ4v) is 4.64. The van der Waals surface area contributed by atoms with E-state index in [4.69, 9.17) is 19.4 Å². The first kappa shape index (κ1) is 31.2. The summed E-state index contributed by atoms with van der Waals surface area (Å²) >= 11 is 0. The highest BCUT2D eigenvalue weighted by Gasteiger charge is 2.38. The highest BCUT2D eigenvalue weighted by Crippen LogP contribution is 2.41. The van der Waals surface area contributed by atoms with Gasteiger partial charge in [-0.2, -0.15) is 13.2 Å². The number of piperidine rings is 1. The Labute approximate surface area is 245 Å². The van der Waals surface area contributed by atoms with Crippen molar-refractivity contribution in [2.45, 2.75) is 25.4 Å². The summed E-state index contributed by atoms with van der Waals surface area (Å²) in [5.74, 6) is -1.56. The number of phenols is 1. The predicted molar refractivity (Wildman–Crippen MR) is 154 cm³/mol. The van der Waals surface area contributed by atoms with Crippen LogP contribution in [0.5, 0.6) is 23.0 Å². The van der Waals surface area contributed by atoms with E-state index in [-0.39, 0.29) is 11.3 Å². The van der Waals surface area contributed by atoms with Crippen LogP contribution >= 0.6 is 0 Å². The summed E-state index contributed by atoms with van der Waals surface area (Å²) in [5.41, 5.74) is 1.70. The van der Waals surface area contributed by atoms with Crippen LogP contribution < -0.4 is 9.47 Å². The van der Waals surface area contributed by atoms with E-state index >= 15 is 0 Å². The fraction of sp³-hybridized carbons (Fsp3) is 0.250. The minimum atomic E-state index is -5.08. The molecule has 0 spiro atoms. The van der Waals surface area contributed by atoms with Crippen LogP contribution in [0.3, 0.4) is 0 Å². The van der Waals surface area contributed by atoms with Gasteiger partial charge >= 0.3 is 18.1 Å². The molecule has 0 atom stereocenters. The number of carbonyl (C=O) groups is 2. The Kier molecular flexibility index (Phi) is 10.1. The molecule has 43 heavy (non-hydrogen) atoms. The van der Waals surface area contributed by atoms with Crippen LogP contribution in [0.15, 0.2) is 78.9 Å². The molecule has 4 aromatic carbocycles. The third-order valence-corrected chi connectivity index (χ3v) is 6.79. The van der Waals surface area contributed by atoms with Crippen LogP contribution in [0, 0.1) is 0 Å². The van der Waals surface area contributed by atoms with Crippen molar-refractivity contribution in [3.63, 3.8) is 0 Å². The average molecular weight is 598 g/mol. The minimum absolute atomic E-state index is 0.167. The van der Waals surface area contributed by atoms with E-state index in [0.29, 0.717) is 18.1 Å². The number of aliphatic carboxylic acids is 1. The number of halogens is 3. The fourth-order valence-electron chi connectivity index (χ4n) is 4.64. The minimum Gasteiger partial charge on any atom is -0.508 e. The molecule has 1 aliphatic heterocycles. The summed E-state index contributed by atoms with van der Waals surface area (Å²) < 4.78 is 44.1. The molecule has 0 saturated carbocycles. The first-order chi connectivity index (χ1) is 20.5. The molecule has 226 valence electrons. The van der Waals surface area contributed by atoms with Crippen LogP contribution in [-0.4, -0.2) is 64.6 Å². The van der Waals surface area contributed by atoms with Crippen molar-refractivity contribution in [2.24, 2.45) is 0 Å². The number of phenolic OH excluding ortho intramolecular Hbond substituents is 1. The maximum absolute atomic E-state index is 11.5. The number of aromatic carboxylic acids is 1. The van der Waals surface area contributed by atoms with Gasteiger partial charge in [0.25, 0.3) is 0 Å². The van der Waals surface area contributed by atoms with Crippen molar-refractivity contribution in [1.82, 2.24) is 4.90 Å². The lowest BCUT2D eigenvalue weighted by molar-refractivity contribution is -0.192. The maximum atomic E-state index is 11.5. The highest BCUT2D eigenvalue weighted by molar-refractivity contribution is 5.97. The zero-order chi connectivity index (χ0) is 31.0. The summed E-state index contributed by atoms with van der Waals surface area (Å²) in [6.45, 7) is 3.88. The highest BCUT2D eigenvalue weighted by atomic mass is 19.4. The number of aromatic hydroxyl groups is 1. The molecular formula is C32H30F3NO7. The molecule has 11 heteroatoms. The second kappa shape index (κ2) is 13.9. The molecule has 1 saturated heterocycles. The molecule has 0 aliphatic carbocycles. The van der Waals surface area contributed by atoms with Crippen molar-refractivity contribution in [3.05, 3.63) is 84.4 Å². The van der Waals surface area contributed by atoms with Gasteiger partial charge in [0.2, 0.25) is 0 Å². The number of carboxylic acid groups (broad SMARTS) is 2. The summed E-state index contributed by atoms with van der Waals surface area (Å²) in [7, 11) is 0. The van der Waals surface area contributed by atoms with Crippen molar-refractivity contribution in [1.29, 1.82) is 0 Å². The molecule has 8 nitrogen and oxygen atoms in total. The van der Waals surface area contributed by atoms with E-state index in [0.717, 1.165) is 47.3 Å². The Morgan fingerprint density at radius 2 is 1.51 bits per heavy atom. The second-order valence-corrected chi connectivity index (χ2v) is 9.86. The molecular weight excluding hydrogens is 567 g/mol. The van der Waals surface area contributed by atoms with Gasteiger partial charge in [-0.3, -0.25) is 4.90 Å². The Hall–Kier alpha value is -4.77. The number of hydrogen-bond donors (Lipinski definition) is 3. The third kappa shape index (κ3) is 8.62. The van der Waals surface area contributed by atoms with E-state index in [1.165, 1.54) is 19.3 Å². The Bertz CT molecular complexity index is 1570. The number of nitrogens with zero attached hydrogens (tertiary/aromatic N) is 1. The van der Waals surface area contributed by atoms with E-state index in [2.05, 4.69) is 4.90 Å². The summed E-state index contributed by atoms with van der Waals surface area (Å²) in [6.07, 6.45) is -1.23. The lowest BCUT2D eigenvalue weighted by Crippen LogP contribution is -2.33. The molecule has 0 bridgehead atoms. The molecule has 4 aromatic rings. The van der Waals surface area contributed by atoms with Gasteiger partial charge in [-0.05, 0) is 97.5 Å². The first-order valence-electron chi connectivity index (χ1n) is 13.5. The Morgan fingerprint density at radius 3 is 2.16 bits per heavy atom. The molecule has 1 aliphatic rings. The maximum Gasteiger partial charge on any atom is 0.490 e. The molecule has 0 amide bonds. The van der Waals surface area contributed by atoms with E-state index in [9.17, 15) is 28.2 Å². The van der Waals surface area contributed by atoms with Crippen molar-refractivity contribution in [3.8, 4) is 34.1 Å². The predicted octanol–water partition coefficient (Wildman–Crippen LogP) is 7.20. The molecule has 0 aromatic heterocycles. The monoisotopic (exact) mass is 597 g/mol. The van der Waals surface area contributed by atoms with Gasteiger partial charge in [0.15, 0.2) is 0 Å². The zero-order valence-electron chi connectivity index (χ0n) is 23.0.